The van der Waals surface area contributed by atoms with Crippen LogP contribution in [0.15, 0.2) is 35.0 Å². The van der Waals surface area contributed by atoms with Gasteiger partial charge in [-0.1, -0.05) is 23.4 Å². The molecule has 5 nitrogen and oxygen atoms in total. The molecular formula is C18H16F3N3O2. The van der Waals surface area contributed by atoms with Crippen molar-refractivity contribution in [3.8, 4) is 0 Å². The minimum atomic E-state index is -4.68. The third-order valence-electron chi connectivity index (χ3n) is 4.21. The maximum Gasteiger partial charge on any atom is 0.417 e. The van der Waals surface area contributed by atoms with Gasteiger partial charge in [0.05, 0.1) is 28.9 Å². The van der Waals surface area contributed by atoms with Crippen molar-refractivity contribution in [2.24, 2.45) is 0 Å². The Balaban J connectivity index is 2.05. The molecule has 0 N–H and O–H groups in total. The van der Waals surface area contributed by atoms with E-state index < -0.39 is 23.2 Å². The topological polar surface area (TPSA) is 59.2 Å². The van der Waals surface area contributed by atoms with Crippen molar-refractivity contribution in [1.29, 1.82) is 0 Å². The van der Waals surface area contributed by atoms with Crippen molar-refractivity contribution in [2.75, 3.05) is 7.05 Å². The van der Waals surface area contributed by atoms with E-state index in [0.29, 0.717) is 17.0 Å². The van der Waals surface area contributed by atoms with Crippen LogP contribution >= 0.6 is 0 Å². The van der Waals surface area contributed by atoms with E-state index in [-0.39, 0.29) is 17.4 Å². The summed E-state index contributed by atoms with van der Waals surface area (Å²) in [5.74, 6) is -0.245. The Morgan fingerprint density at radius 3 is 2.54 bits per heavy atom. The molecule has 0 unspecified atom stereocenters. The number of alkyl halides is 3. The van der Waals surface area contributed by atoms with Crippen molar-refractivity contribution >= 4 is 16.8 Å². The van der Waals surface area contributed by atoms with Crippen LogP contribution in [0.1, 0.15) is 32.9 Å². The number of carbonyl (C=O) groups excluding carboxylic acids is 1. The summed E-state index contributed by atoms with van der Waals surface area (Å²) in [6.07, 6.45) is -3.70. The molecule has 0 spiro atoms. The fourth-order valence-electron chi connectivity index (χ4n) is 2.85. The number of pyridine rings is 1. The number of para-hydroxylation sites is 1. The van der Waals surface area contributed by atoms with Gasteiger partial charge in [0, 0.05) is 24.2 Å². The summed E-state index contributed by atoms with van der Waals surface area (Å²) in [5, 5.41) is 3.69. The SMILES string of the molecule is Cc1noc(C)c1CN(C)C(=O)c1cnc2ccccc2c1C(F)(F)F. The first-order valence-electron chi connectivity index (χ1n) is 7.82. The van der Waals surface area contributed by atoms with Gasteiger partial charge in [-0.25, -0.2) is 0 Å². The lowest BCUT2D eigenvalue weighted by molar-refractivity contribution is -0.136. The summed E-state index contributed by atoms with van der Waals surface area (Å²) in [5.41, 5.74) is -0.00749. The molecule has 1 aromatic carbocycles. The predicted molar refractivity (Wildman–Crippen MR) is 88.5 cm³/mol. The molecule has 8 heteroatoms. The van der Waals surface area contributed by atoms with Crippen LogP contribution in [-0.4, -0.2) is 28.0 Å². The van der Waals surface area contributed by atoms with Gasteiger partial charge in [-0.05, 0) is 19.9 Å². The molecule has 0 fully saturated rings. The van der Waals surface area contributed by atoms with Gasteiger partial charge in [0.2, 0.25) is 0 Å². The van der Waals surface area contributed by atoms with Crippen LogP contribution in [0.25, 0.3) is 10.9 Å². The zero-order valence-electron chi connectivity index (χ0n) is 14.4. The minimum absolute atomic E-state index is 0.0874. The second-order valence-corrected chi connectivity index (χ2v) is 6.03. The highest BCUT2D eigenvalue weighted by molar-refractivity contribution is 6.00. The first kappa shape index (κ1) is 17.9. The van der Waals surface area contributed by atoms with Crippen LogP contribution in [0, 0.1) is 13.8 Å². The van der Waals surface area contributed by atoms with E-state index >= 15 is 0 Å². The number of fused-ring (bicyclic) bond motifs is 1. The lowest BCUT2D eigenvalue weighted by Gasteiger charge is -2.20. The highest BCUT2D eigenvalue weighted by Crippen LogP contribution is 2.37. The van der Waals surface area contributed by atoms with Gasteiger partial charge >= 0.3 is 6.18 Å². The summed E-state index contributed by atoms with van der Waals surface area (Å²) in [6.45, 7) is 3.49. The number of rotatable bonds is 3. The highest BCUT2D eigenvalue weighted by Gasteiger charge is 2.38. The number of carbonyl (C=O) groups is 1. The van der Waals surface area contributed by atoms with E-state index in [2.05, 4.69) is 10.1 Å². The van der Waals surface area contributed by atoms with E-state index in [9.17, 15) is 18.0 Å². The number of nitrogens with zero attached hydrogens (tertiary/aromatic N) is 3. The third-order valence-corrected chi connectivity index (χ3v) is 4.21. The summed E-state index contributed by atoms with van der Waals surface area (Å²) in [7, 11) is 1.43. The summed E-state index contributed by atoms with van der Waals surface area (Å²) in [4.78, 5) is 18.0. The number of halogens is 3. The smallest absolute Gasteiger partial charge is 0.361 e. The highest BCUT2D eigenvalue weighted by atomic mass is 19.4. The van der Waals surface area contributed by atoms with Gasteiger partial charge in [0.25, 0.3) is 5.91 Å². The van der Waals surface area contributed by atoms with E-state index in [0.717, 1.165) is 6.20 Å². The molecule has 2 aromatic heterocycles. The maximum atomic E-state index is 13.7. The Kier molecular flexibility index (Phi) is 4.43. The van der Waals surface area contributed by atoms with Gasteiger partial charge in [-0.3, -0.25) is 9.78 Å². The first-order valence-corrected chi connectivity index (χ1v) is 7.82. The van der Waals surface area contributed by atoms with E-state index in [4.69, 9.17) is 4.52 Å². The van der Waals surface area contributed by atoms with E-state index in [1.807, 2.05) is 0 Å². The largest absolute Gasteiger partial charge is 0.417 e. The number of amides is 1. The van der Waals surface area contributed by atoms with Gasteiger partial charge in [-0.15, -0.1) is 0 Å². The fourth-order valence-corrected chi connectivity index (χ4v) is 2.85. The Morgan fingerprint density at radius 2 is 1.92 bits per heavy atom. The summed E-state index contributed by atoms with van der Waals surface area (Å²) in [6, 6.07) is 5.88. The standard InChI is InChI=1S/C18H16F3N3O2/c1-10-14(11(2)26-23-10)9-24(3)17(25)13-8-22-15-7-5-4-6-12(15)16(13)18(19,20)21/h4-8H,9H2,1-3H3. The molecule has 0 saturated heterocycles. The van der Waals surface area contributed by atoms with Crippen LogP contribution in [0.3, 0.4) is 0 Å². The van der Waals surface area contributed by atoms with Crippen LogP contribution in [0.2, 0.25) is 0 Å². The Bertz CT molecular complexity index is 960. The molecule has 0 saturated carbocycles. The monoisotopic (exact) mass is 363 g/mol. The van der Waals surface area contributed by atoms with Gasteiger partial charge < -0.3 is 9.42 Å². The zero-order valence-corrected chi connectivity index (χ0v) is 14.4. The molecule has 0 aliphatic heterocycles. The number of hydrogen-bond acceptors (Lipinski definition) is 4. The second-order valence-electron chi connectivity index (χ2n) is 6.03. The van der Waals surface area contributed by atoms with E-state index in [1.54, 1.807) is 19.9 Å². The summed E-state index contributed by atoms with van der Waals surface area (Å²) < 4.78 is 46.1. The Morgan fingerprint density at radius 1 is 1.23 bits per heavy atom. The number of benzene rings is 1. The summed E-state index contributed by atoms with van der Waals surface area (Å²) >= 11 is 0. The maximum absolute atomic E-state index is 13.7. The molecule has 1 amide bonds. The molecule has 3 aromatic rings. The molecule has 0 atom stereocenters. The Hall–Kier alpha value is -2.90. The molecule has 0 aliphatic carbocycles. The fraction of sp³-hybridized carbons (Fsp3) is 0.278. The molecule has 2 heterocycles. The van der Waals surface area contributed by atoms with Crippen molar-refractivity contribution in [2.45, 2.75) is 26.6 Å². The normalized spacial score (nSPS) is 11.8. The van der Waals surface area contributed by atoms with Crippen molar-refractivity contribution in [3.63, 3.8) is 0 Å². The van der Waals surface area contributed by atoms with Gasteiger partial charge in [0.1, 0.15) is 5.76 Å². The van der Waals surface area contributed by atoms with E-state index in [1.165, 1.54) is 30.1 Å². The van der Waals surface area contributed by atoms with Crippen molar-refractivity contribution in [1.82, 2.24) is 15.0 Å². The molecule has 0 bridgehead atoms. The van der Waals surface area contributed by atoms with Crippen molar-refractivity contribution in [3.05, 3.63) is 58.6 Å². The molecule has 26 heavy (non-hydrogen) atoms. The number of hydrogen-bond donors (Lipinski definition) is 0. The zero-order chi connectivity index (χ0) is 19.1. The van der Waals surface area contributed by atoms with Crippen LogP contribution < -0.4 is 0 Å². The quantitative estimate of drug-likeness (QED) is 0.702. The molecule has 0 radical (unpaired) electrons. The second kappa shape index (κ2) is 6.44. The lowest BCUT2D eigenvalue weighted by Crippen LogP contribution is -2.29. The average molecular weight is 363 g/mol. The van der Waals surface area contributed by atoms with Crippen molar-refractivity contribution < 1.29 is 22.5 Å². The predicted octanol–water partition coefficient (Wildman–Crippen LogP) is 4.13. The first-order chi connectivity index (χ1) is 12.2. The minimum Gasteiger partial charge on any atom is -0.361 e. The van der Waals surface area contributed by atoms with Crippen LogP contribution in [-0.2, 0) is 12.7 Å². The number of aryl methyl sites for hydroxylation is 2. The molecule has 0 aliphatic rings. The molecule has 136 valence electrons. The average Bonchev–Trinajstić information content (AvgIpc) is 2.91. The Labute approximate surface area is 147 Å². The molecule has 3 rings (SSSR count). The lowest BCUT2D eigenvalue weighted by atomic mass is 10.0. The van der Waals surface area contributed by atoms with Gasteiger partial charge in [0.15, 0.2) is 0 Å². The third kappa shape index (κ3) is 3.14. The molecular weight excluding hydrogens is 347 g/mol. The van der Waals surface area contributed by atoms with Gasteiger partial charge in [-0.2, -0.15) is 13.2 Å². The van der Waals surface area contributed by atoms with Crippen LogP contribution in [0.4, 0.5) is 13.2 Å². The number of aromatic nitrogens is 2. The van der Waals surface area contributed by atoms with Crippen LogP contribution in [0.5, 0.6) is 0 Å².